The number of likely N-dealkylation sites (N-methyl/N-ethyl adjacent to an activating group) is 1. The number of aliphatic hydroxyl groups excluding tert-OH is 3. The molecule has 1 saturated heterocycles. The van der Waals surface area contributed by atoms with E-state index in [9.17, 15) is 34.5 Å². The van der Waals surface area contributed by atoms with Crippen LogP contribution in [0.5, 0.6) is 0 Å². The summed E-state index contributed by atoms with van der Waals surface area (Å²) in [4.78, 5) is 62.7. The summed E-state index contributed by atoms with van der Waals surface area (Å²) < 4.78 is 12.4. The van der Waals surface area contributed by atoms with Crippen molar-refractivity contribution in [3.8, 4) is 0 Å². The number of alkyl carbamates (subject to hydrolysis) is 1. The van der Waals surface area contributed by atoms with Gasteiger partial charge in [-0.3, -0.25) is 19.0 Å². The maximum Gasteiger partial charge on any atom is 0.408 e. The molecule has 4 amide bonds. The molecule has 1 fully saturated rings. The lowest BCUT2D eigenvalue weighted by molar-refractivity contribution is -0.127. The second-order valence-electron chi connectivity index (χ2n) is 13.3. The summed E-state index contributed by atoms with van der Waals surface area (Å²) in [6, 6.07) is 12.9. The van der Waals surface area contributed by atoms with Gasteiger partial charge in [0.25, 0.3) is 0 Å². The van der Waals surface area contributed by atoms with E-state index in [0.29, 0.717) is 33.9 Å². The summed E-state index contributed by atoms with van der Waals surface area (Å²) in [6.45, 7) is 4.39. The Balaban J connectivity index is 1.16. The van der Waals surface area contributed by atoms with Crippen molar-refractivity contribution in [2.45, 2.75) is 69.8 Å². The lowest BCUT2D eigenvalue weighted by atomic mass is 10.0. The molecule has 5 rings (SSSR count). The van der Waals surface area contributed by atoms with Crippen molar-refractivity contribution < 1.29 is 44.0 Å². The molecule has 53 heavy (non-hydrogen) atoms. The standard InChI is InChI=1S/C35H43N9O9/c1-35(2,3)53-34(51)43-23(32(50)37-15-26(47)36-4)13-19-5-9-21(10-6-19)41-25(46)14-20-7-11-22(12-8-20)42-30-27-31(39-17-38-30)44(18-40-27)33-29(49)28(48)24(16-45)52-33/h5-12,17-18,23-24,28-29,33,45,48-49H,13-16H2,1-4H3,(H,36,47)(H,37,50)(H,41,46)(H,43,51)(H,38,39,42)/t23?,24-,28-,29-,33?/m1/s1. The third-order valence-corrected chi connectivity index (χ3v) is 8.12. The molecular formula is C35H43N9O9. The van der Waals surface area contributed by atoms with Gasteiger partial charge in [0.1, 0.15) is 36.3 Å². The lowest BCUT2D eigenvalue weighted by Gasteiger charge is -2.23. The van der Waals surface area contributed by atoms with Crippen molar-refractivity contribution in [1.82, 2.24) is 35.5 Å². The summed E-state index contributed by atoms with van der Waals surface area (Å²) in [7, 11) is 1.45. The van der Waals surface area contributed by atoms with Crippen LogP contribution in [0.25, 0.3) is 11.2 Å². The minimum absolute atomic E-state index is 0.0853. The Hall–Kier alpha value is -5.69. The average molecular weight is 734 g/mol. The van der Waals surface area contributed by atoms with Crippen molar-refractivity contribution >= 4 is 52.2 Å². The smallest absolute Gasteiger partial charge is 0.408 e. The van der Waals surface area contributed by atoms with E-state index >= 15 is 0 Å². The van der Waals surface area contributed by atoms with Crippen molar-refractivity contribution in [2.24, 2.45) is 0 Å². The van der Waals surface area contributed by atoms with E-state index in [1.165, 1.54) is 24.3 Å². The van der Waals surface area contributed by atoms with Crippen molar-refractivity contribution in [1.29, 1.82) is 0 Å². The Morgan fingerprint density at radius 3 is 2.25 bits per heavy atom. The van der Waals surface area contributed by atoms with Gasteiger partial charge in [-0.2, -0.15) is 0 Å². The van der Waals surface area contributed by atoms with E-state index < -0.39 is 60.7 Å². The molecule has 0 bridgehead atoms. The minimum atomic E-state index is -1.30. The minimum Gasteiger partial charge on any atom is -0.444 e. The number of benzene rings is 2. The number of amides is 4. The number of hydrogen-bond donors (Lipinski definition) is 8. The number of nitrogens with zero attached hydrogens (tertiary/aromatic N) is 4. The van der Waals surface area contributed by atoms with Crippen molar-refractivity contribution in [3.05, 3.63) is 72.3 Å². The Labute approximate surface area is 304 Å². The molecule has 1 aliphatic rings. The molecule has 18 heteroatoms. The van der Waals surface area contributed by atoms with Gasteiger partial charge in [0.05, 0.1) is 25.9 Å². The average Bonchev–Trinajstić information content (AvgIpc) is 3.67. The van der Waals surface area contributed by atoms with Crippen LogP contribution in [0.15, 0.2) is 61.2 Å². The first-order chi connectivity index (χ1) is 25.2. The highest BCUT2D eigenvalue weighted by atomic mass is 16.6. The van der Waals surface area contributed by atoms with E-state index in [4.69, 9.17) is 9.47 Å². The van der Waals surface area contributed by atoms with Crippen LogP contribution in [0.2, 0.25) is 0 Å². The molecular weight excluding hydrogens is 690 g/mol. The zero-order valence-corrected chi connectivity index (χ0v) is 29.6. The number of rotatable bonds is 13. The van der Waals surface area contributed by atoms with E-state index in [-0.39, 0.29) is 25.3 Å². The number of ether oxygens (including phenoxy) is 2. The number of aliphatic hydroxyl groups is 3. The van der Waals surface area contributed by atoms with Crippen LogP contribution in [-0.4, -0.2) is 109 Å². The van der Waals surface area contributed by atoms with E-state index in [1.807, 2.05) is 0 Å². The number of carbonyl (C=O) groups excluding carboxylic acids is 4. The first-order valence-electron chi connectivity index (χ1n) is 16.8. The fraction of sp³-hybridized carbons (Fsp3) is 0.400. The predicted molar refractivity (Wildman–Crippen MR) is 191 cm³/mol. The Bertz CT molecular complexity index is 1910. The lowest BCUT2D eigenvalue weighted by Crippen LogP contribution is -2.50. The predicted octanol–water partition coefficient (Wildman–Crippen LogP) is 0.661. The molecule has 5 atom stereocenters. The molecule has 2 aromatic carbocycles. The Morgan fingerprint density at radius 1 is 0.925 bits per heavy atom. The van der Waals surface area contributed by atoms with Crippen LogP contribution < -0.4 is 26.6 Å². The normalized spacial score (nSPS) is 18.9. The van der Waals surface area contributed by atoms with Gasteiger partial charge >= 0.3 is 6.09 Å². The second kappa shape index (κ2) is 16.8. The molecule has 282 valence electrons. The van der Waals surface area contributed by atoms with Crippen LogP contribution in [0.3, 0.4) is 0 Å². The highest BCUT2D eigenvalue weighted by Crippen LogP contribution is 2.32. The topological polar surface area (TPSA) is 251 Å². The number of hydrogen-bond acceptors (Lipinski definition) is 13. The van der Waals surface area contributed by atoms with Crippen LogP contribution in [0.1, 0.15) is 38.1 Å². The number of nitrogens with one attached hydrogen (secondary N) is 5. The molecule has 8 N–H and O–H groups in total. The molecule has 0 saturated carbocycles. The zero-order valence-electron chi connectivity index (χ0n) is 29.6. The van der Waals surface area contributed by atoms with Gasteiger partial charge in [0.2, 0.25) is 17.7 Å². The molecule has 0 aliphatic carbocycles. The molecule has 0 spiro atoms. The molecule has 2 unspecified atom stereocenters. The third-order valence-electron chi connectivity index (χ3n) is 8.12. The van der Waals surface area contributed by atoms with Crippen LogP contribution >= 0.6 is 0 Å². The maximum atomic E-state index is 12.9. The molecule has 4 aromatic rings. The quantitative estimate of drug-likeness (QED) is 0.0942. The first kappa shape index (κ1) is 38.5. The molecule has 3 heterocycles. The van der Waals surface area contributed by atoms with E-state index in [0.717, 1.165) is 5.56 Å². The highest BCUT2D eigenvalue weighted by molar-refractivity contribution is 5.92. The monoisotopic (exact) mass is 733 g/mol. The third kappa shape index (κ3) is 10.0. The first-order valence-corrected chi connectivity index (χ1v) is 16.8. The summed E-state index contributed by atoms with van der Waals surface area (Å²) in [5.74, 6) is -0.835. The van der Waals surface area contributed by atoms with E-state index in [1.54, 1.807) is 69.3 Å². The number of aromatic nitrogens is 4. The fourth-order valence-electron chi connectivity index (χ4n) is 5.47. The summed E-state index contributed by atoms with van der Waals surface area (Å²) in [6.07, 6.45) is -2.37. The number of anilines is 3. The van der Waals surface area contributed by atoms with Crippen LogP contribution in [-0.2, 0) is 36.7 Å². The molecule has 1 aliphatic heterocycles. The summed E-state index contributed by atoms with van der Waals surface area (Å²) in [5.41, 5.74) is 2.58. The van der Waals surface area contributed by atoms with Gasteiger partial charge in [0.15, 0.2) is 23.2 Å². The van der Waals surface area contributed by atoms with Gasteiger partial charge < -0.3 is 51.4 Å². The molecule has 18 nitrogen and oxygen atoms in total. The van der Waals surface area contributed by atoms with Crippen LogP contribution in [0, 0.1) is 0 Å². The number of imidazole rings is 1. The second-order valence-corrected chi connectivity index (χ2v) is 13.3. The Kier molecular flexibility index (Phi) is 12.2. The Morgan fingerprint density at radius 2 is 1.60 bits per heavy atom. The van der Waals surface area contributed by atoms with Crippen LogP contribution in [0.4, 0.5) is 22.0 Å². The van der Waals surface area contributed by atoms with Gasteiger partial charge in [-0.25, -0.2) is 19.7 Å². The highest BCUT2D eigenvalue weighted by Gasteiger charge is 2.44. The summed E-state index contributed by atoms with van der Waals surface area (Å²) in [5, 5.41) is 43.5. The summed E-state index contributed by atoms with van der Waals surface area (Å²) >= 11 is 0. The molecule has 0 radical (unpaired) electrons. The fourth-order valence-corrected chi connectivity index (χ4v) is 5.47. The zero-order chi connectivity index (χ0) is 38.3. The maximum absolute atomic E-state index is 12.9. The SMILES string of the molecule is CNC(=O)CNC(=O)C(Cc1ccc(NC(=O)Cc2ccc(Nc3ncnc4c3ncn4C3O[C@H](CO)[C@@H](O)[C@H]3O)cc2)cc1)NC(=O)OC(C)(C)C. The van der Waals surface area contributed by atoms with Crippen molar-refractivity contribution in [3.63, 3.8) is 0 Å². The van der Waals surface area contributed by atoms with Crippen molar-refractivity contribution in [2.75, 3.05) is 30.8 Å². The number of carbonyl (C=O) groups is 4. The van der Waals surface area contributed by atoms with Gasteiger partial charge in [0, 0.05) is 24.8 Å². The largest absolute Gasteiger partial charge is 0.444 e. The molecule has 2 aromatic heterocycles. The number of fused-ring (bicyclic) bond motifs is 1. The van der Waals surface area contributed by atoms with E-state index in [2.05, 4.69) is 41.5 Å². The van der Waals surface area contributed by atoms with Gasteiger partial charge in [-0.15, -0.1) is 0 Å². The van der Waals surface area contributed by atoms with Gasteiger partial charge in [-0.05, 0) is 56.2 Å². The van der Waals surface area contributed by atoms with Gasteiger partial charge in [-0.1, -0.05) is 24.3 Å².